The number of hydrogen-bond acceptors (Lipinski definition) is 6. The molecule has 3 heterocycles. The topological polar surface area (TPSA) is 88.5 Å². The molecule has 1 unspecified atom stereocenters. The number of anilines is 1. The van der Waals surface area contributed by atoms with Gasteiger partial charge in [0.15, 0.2) is 0 Å². The lowest BCUT2D eigenvalue weighted by molar-refractivity contribution is -0.133. The average Bonchev–Trinajstić information content (AvgIpc) is 3.64. The minimum absolute atomic E-state index is 0.00693. The van der Waals surface area contributed by atoms with Gasteiger partial charge in [0, 0.05) is 55.8 Å². The summed E-state index contributed by atoms with van der Waals surface area (Å²) in [5.41, 5.74) is 1.78. The highest BCUT2D eigenvalue weighted by molar-refractivity contribution is 6.91. The van der Waals surface area contributed by atoms with Crippen LogP contribution in [0.5, 0.6) is 11.5 Å². The zero-order valence-corrected chi connectivity index (χ0v) is 26.0. The summed E-state index contributed by atoms with van der Waals surface area (Å²) in [6.45, 7) is 8.19. The van der Waals surface area contributed by atoms with Gasteiger partial charge >= 0.3 is 0 Å². The Morgan fingerprint density at radius 2 is 1.88 bits per heavy atom. The third-order valence-corrected chi connectivity index (χ3v) is 13.9. The van der Waals surface area contributed by atoms with Crippen LogP contribution in [-0.4, -0.2) is 76.0 Å². The number of benzene rings is 2. The van der Waals surface area contributed by atoms with Crippen LogP contribution in [0.25, 0.3) is 0 Å². The molecule has 1 N–H and O–H groups in total. The number of aliphatic hydroxyl groups is 1. The Kier molecular flexibility index (Phi) is 8.78. The van der Waals surface area contributed by atoms with E-state index < -0.39 is 8.07 Å². The smallest absolute Gasteiger partial charge is 0.227 e. The predicted molar refractivity (Wildman–Crippen MR) is 162 cm³/mol. The summed E-state index contributed by atoms with van der Waals surface area (Å²) in [5, 5.41) is 11.2. The number of nitrogens with zero attached hydrogens (tertiary/aromatic N) is 2. The summed E-state index contributed by atoms with van der Waals surface area (Å²) in [5.74, 6) is 1.75. The second kappa shape index (κ2) is 12.2. The SMILES string of the molecule is COc1ccc([Si](C)(C)C(CC(=O)N2CCC[C@H]2CO)[C@@H]2Oc3ccc(N4CCCC4=O)cc3[C@H](OC)[C@H]2C)cc1. The Hall–Kier alpha value is -2.88. The van der Waals surface area contributed by atoms with E-state index in [-0.39, 0.29) is 48.1 Å². The molecule has 5 rings (SSSR count). The van der Waals surface area contributed by atoms with Crippen molar-refractivity contribution in [2.45, 2.75) is 75.9 Å². The Morgan fingerprint density at radius 1 is 1.12 bits per heavy atom. The molecule has 2 amide bonds. The van der Waals surface area contributed by atoms with E-state index in [1.807, 2.05) is 40.1 Å². The molecule has 0 saturated carbocycles. The van der Waals surface area contributed by atoms with Gasteiger partial charge in [-0.3, -0.25) is 9.59 Å². The number of likely N-dealkylation sites (tertiary alicyclic amines) is 1. The van der Waals surface area contributed by atoms with Crippen molar-refractivity contribution in [1.29, 1.82) is 0 Å². The quantitative estimate of drug-likeness (QED) is 0.446. The first-order chi connectivity index (χ1) is 19.7. The van der Waals surface area contributed by atoms with Crippen LogP contribution in [0, 0.1) is 5.92 Å². The van der Waals surface area contributed by atoms with Gasteiger partial charge in [0.1, 0.15) is 17.6 Å². The number of rotatable bonds is 9. The molecule has 0 radical (unpaired) electrons. The second-order valence-electron chi connectivity index (χ2n) is 12.3. The van der Waals surface area contributed by atoms with Crippen molar-refractivity contribution in [2.75, 3.05) is 38.8 Å². The number of carbonyl (C=O) groups excluding carboxylic acids is 2. The third-order valence-electron chi connectivity index (χ3n) is 9.66. The van der Waals surface area contributed by atoms with E-state index in [0.29, 0.717) is 19.4 Å². The lowest BCUT2D eigenvalue weighted by atomic mass is 9.86. The van der Waals surface area contributed by atoms with Crippen LogP contribution in [0.3, 0.4) is 0 Å². The van der Waals surface area contributed by atoms with E-state index in [9.17, 15) is 14.7 Å². The molecule has 0 bridgehead atoms. The maximum Gasteiger partial charge on any atom is 0.227 e. The predicted octanol–water partition coefficient (Wildman–Crippen LogP) is 4.27. The molecular weight excluding hydrogens is 536 g/mol. The van der Waals surface area contributed by atoms with Crippen LogP contribution in [0.15, 0.2) is 42.5 Å². The first-order valence-corrected chi connectivity index (χ1v) is 18.0. The molecule has 2 aromatic rings. The Balaban J connectivity index is 1.51. The summed E-state index contributed by atoms with van der Waals surface area (Å²) in [7, 11) is 1.07. The van der Waals surface area contributed by atoms with E-state index in [0.717, 1.165) is 48.6 Å². The lowest BCUT2D eigenvalue weighted by Gasteiger charge is -2.46. The van der Waals surface area contributed by atoms with Crippen molar-refractivity contribution in [2.24, 2.45) is 5.92 Å². The second-order valence-corrected chi connectivity index (χ2v) is 17.1. The molecule has 41 heavy (non-hydrogen) atoms. The fraction of sp³-hybridized carbons (Fsp3) is 0.562. The van der Waals surface area contributed by atoms with Crippen LogP contribution in [0.1, 0.15) is 50.7 Å². The molecule has 2 fully saturated rings. The minimum atomic E-state index is -2.32. The zero-order valence-electron chi connectivity index (χ0n) is 25.0. The fourth-order valence-corrected chi connectivity index (χ4v) is 10.5. The van der Waals surface area contributed by atoms with E-state index >= 15 is 0 Å². The molecule has 0 spiro atoms. The highest BCUT2D eigenvalue weighted by Crippen LogP contribution is 2.48. The molecule has 2 aromatic carbocycles. The maximum atomic E-state index is 13.9. The van der Waals surface area contributed by atoms with Gasteiger partial charge in [-0.05, 0) is 49.6 Å². The normalized spacial score (nSPS) is 25.2. The van der Waals surface area contributed by atoms with Crippen molar-refractivity contribution < 1.29 is 28.9 Å². The standard InChI is InChI=1S/C32H44N2O6Si/c1-21-31(39-3)26-18-22(33-17-7-9-29(33)36)10-15-27(26)40-32(21)28(19-30(37)34-16-6-8-23(34)20-35)41(4,5)25-13-11-24(38-2)12-14-25/h10-15,18,21,23,28,31-32,35H,6-9,16-17,19-20H2,1-5H3/t21-,23+,28?,31-,32-/m1/s1. The first-order valence-electron chi connectivity index (χ1n) is 14.9. The van der Waals surface area contributed by atoms with Crippen LogP contribution in [-0.2, 0) is 14.3 Å². The van der Waals surface area contributed by atoms with Gasteiger partial charge in [0.2, 0.25) is 11.8 Å². The summed E-state index contributed by atoms with van der Waals surface area (Å²) in [6, 6.07) is 14.1. The van der Waals surface area contributed by atoms with Crippen molar-refractivity contribution in [3.63, 3.8) is 0 Å². The third kappa shape index (κ3) is 5.64. The number of amides is 2. The number of carbonyl (C=O) groups is 2. The minimum Gasteiger partial charge on any atom is -0.497 e. The molecule has 2 saturated heterocycles. The summed E-state index contributed by atoms with van der Waals surface area (Å²) in [4.78, 5) is 30.0. The van der Waals surface area contributed by atoms with Crippen LogP contribution >= 0.6 is 0 Å². The van der Waals surface area contributed by atoms with Crippen molar-refractivity contribution in [1.82, 2.24) is 4.90 Å². The van der Waals surface area contributed by atoms with Gasteiger partial charge < -0.3 is 29.1 Å². The van der Waals surface area contributed by atoms with Gasteiger partial charge in [-0.25, -0.2) is 0 Å². The molecule has 0 aliphatic carbocycles. The van der Waals surface area contributed by atoms with E-state index in [1.54, 1.807) is 14.2 Å². The van der Waals surface area contributed by atoms with Crippen molar-refractivity contribution >= 4 is 30.8 Å². The summed E-state index contributed by atoms with van der Waals surface area (Å²) >= 11 is 0. The largest absolute Gasteiger partial charge is 0.497 e. The fourth-order valence-electron chi connectivity index (χ4n) is 7.13. The van der Waals surface area contributed by atoms with Crippen LogP contribution in [0.2, 0.25) is 18.6 Å². The molecule has 5 atom stereocenters. The number of hydrogen-bond donors (Lipinski definition) is 1. The Morgan fingerprint density at radius 3 is 2.51 bits per heavy atom. The van der Waals surface area contributed by atoms with Gasteiger partial charge in [-0.1, -0.05) is 37.3 Å². The maximum absolute atomic E-state index is 13.9. The number of methoxy groups -OCH3 is 2. The van der Waals surface area contributed by atoms with E-state index in [2.05, 4.69) is 32.2 Å². The van der Waals surface area contributed by atoms with Gasteiger partial charge in [-0.15, -0.1) is 0 Å². The van der Waals surface area contributed by atoms with E-state index in [4.69, 9.17) is 14.2 Å². The number of fused-ring (bicyclic) bond motifs is 1. The zero-order chi connectivity index (χ0) is 29.3. The average molecular weight is 581 g/mol. The molecule has 8 nitrogen and oxygen atoms in total. The molecule has 3 aliphatic heterocycles. The molecule has 0 aromatic heterocycles. The van der Waals surface area contributed by atoms with Crippen LogP contribution in [0.4, 0.5) is 5.69 Å². The number of aliphatic hydroxyl groups excluding tert-OH is 1. The van der Waals surface area contributed by atoms with Crippen LogP contribution < -0.4 is 19.6 Å². The molecule has 9 heteroatoms. The highest BCUT2D eigenvalue weighted by atomic mass is 28.3. The Bertz CT molecular complexity index is 1250. The molecule has 222 valence electrons. The van der Waals surface area contributed by atoms with Gasteiger partial charge in [-0.2, -0.15) is 0 Å². The monoisotopic (exact) mass is 580 g/mol. The summed E-state index contributed by atoms with van der Waals surface area (Å²) in [6.07, 6.45) is 3.05. The Labute approximate surface area is 244 Å². The molecular formula is C32H44N2O6Si. The number of ether oxygens (including phenoxy) is 3. The summed E-state index contributed by atoms with van der Waals surface area (Å²) < 4.78 is 18.4. The highest BCUT2D eigenvalue weighted by Gasteiger charge is 2.49. The van der Waals surface area contributed by atoms with Gasteiger partial charge in [0.25, 0.3) is 0 Å². The first kappa shape index (κ1) is 29.6. The van der Waals surface area contributed by atoms with Crippen molar-refractivity contribution in [3.05, 3.63) is 48.0 Å². The lowest BCUT2D eigenvalue weighted by Crippen LogP contribution is -2.55. The van der Waals surface area contributed by atoms with Gasteiger partial charge in [0.05, 0.1) is 33.9 Å². The van der Waals surface area contributed by atoms with Crippen molar-refractivity contribution in [3.8, 4) is 11.5 Å². The molecule has 3 aliphatic rings. The van der Waals surface area contributed by atoms with E-state index in [1.165, 1.54) is 5.19 Å².